The number of benzene rings is 1. The Labute approximate surface area is 159 Å². The smallest absolute Gasteiger partial charge is 0.410 e. The second kappa shape index (κ2) is 8.25. The standard InChI is InChI=1S/C20H28FNO5/c1-6-26-17(23)15-8-7-14(13-16(15)21)20(25-5)9-11-22(12-10-20)18(24)27-19(2,3)4/h7-8,13H,6,9-12H2,1-5H3. The predicted molar refractivity (Wildman–Crippen MR) is 98.1 cm³/mol. The van der Waals surface area contributed by atoms with E-state index in [1.807, 2.05) is 20.8 Å². The van der Waals surface area contributed by atoms with Gasteiger partial charge in [0.15, 0.2) is 0 Å². The van der Waals surface area contributed by atoms with E-state index in [0.29, 0.717) is 31.5 Å². The summed E-state index contributed by atoms with van der Waals surface area (Å²) in [5.41, 5.74) is -0.733. The number of rotatable bonds is 4. The van der Waals surface area contributed by atoms with Gasteiger partial charge >= 0.3 is 12.1 Å². The topological polar surface area (TPSA) is 65.1 Å². The van der Waals surface area contributed by atoms with Crippen molar-refractivity contribution in [2.45, 2.75) is 51.7 Å². The second-order valence-electron chi connectivity index (χ2n) is 7.58. The summed E-state index contributed by atoms with van der Waals surface area (Å²) in [7, 11) is 1.57. The van der Waals surface area contributed by atoms with Gasteiger partial charge in [0, 0.05) is 20.2 Å². The van der Waals surface area contributed by atoms with Gasteiger partial charge in [-0.1, -0.05) is 6.07 Å². The van der Waals surface area contributed by atoms with Crippen LogP contribution in [-0.4, -0.2) is 49.4 Å². The van der Waals surface area contributed by atoms with Crippen LogP contribution >= 0.6 is 0 Å². The summed E-state index contributed by atoms with van der Waals surface area (Å²) in [6.07, 6.45) is 0.637. The molecular weight excluding hydrogens is 353 g/mol. The number of ether oxygens (including phenoxy) is 3. The molecule has 0 radical (unpaired) electrons. The molecule has 1 aromatic carbocycles. The van der Waals surface area contributed by atoms with Crippen molar-refractivity contribution in [2.75, 3.05) is 26.8 Å². The zero-order valence-electron chi connectivity index (χ0n) is 16.6. The van der Waals surface area contributed by atoms with E-state index in [4.69, 9.17) is 14.2 Å². The highest BCUT2D eigenvalue weighted by atomic mass is 19.1. The van der Waals surface area contributed by atoms with Gasteiger partial charge < -0.3 is 19.1 Å². The highest BCUT2D eigenvalue weighted by Crippen LogP contribution is 2.37. The van der Waals surface area contributed by atoms with Gasteiger partial charge in [-0.2, -0.15) is 0 Å². The van der Waals surface area contributed by atoms with E-state index in [9.17, 15) is 14.0 Å². The van der Waals surface area contributed by atoms with Crippen LogP contribution in [0.2, 0.25) is 0 Å². The Hall–Kier alpha value is -2.15. The van der Waals surface area contributed by atoms with Crippen LogP contribution in [0.1, 0.15) is 56.5 Å². The Kier molecular flexibility index (Phi) is 6.46. The third-order valence-electron chi connectivity index (χ3n) is 4.60. The fourth-order valence-electron chi connectivity index (χ4n) is 3.16. The highest BCUT2D eigenvalue weighted by Gasteiger charge is 2.39. The summed E-state index contributed by atoms with van der Waals surface area (Å²) < 4.78 is 30.4. The molecule has 2 rings (SSSR count). The fraction of sp³-hybridized carbons (Fsp3) is 0.600. The maximum atomic E-state index is 14.4. The Bertz CT molecular complexity index is 690. The van der Waals surface area contributed by atoms with E-state index in [1.54, 1.807) is 25.0 Å². The lowest BCUT2D eigenvalue weighted by Gasteiger charge is -2.41. The van der Waals surface area contributed by atoms with Crippen molar-refractivity contribution in [3.63, 3.8) is 0 Å². The van der Waals surface area contributed by atoms with E-state index in [2.05, 4.69) is 0 Å². The van der Waals surface area contributed by atoms with Gasteiger partial charge in [0.1, 0.15) is 11.4 Å². The SMILES string of the molecule is CCOC(=O)c1ccc(C2(OC)CCN(C(=O)OC(C)(C)C)CC2)cc1F. The molecule has 1 heterocycles. The number of likely N-dealkylation sites (tertiary alicyclic amines) is 1. The molecule has 27 heavy (non-hydrogen) atoms. The lowest BCUT2D eigenvalue weighted by Crippen LogP contribution is -2.47. The lowest BCUT2D eigenvalue weighted by atomic mass is 9.83. The number of hydrogen-bond donors (Lipinski definition) is 0. The van der Waals surface area contributed by atoms with Crippen LogP contribution in [0.4, 0.5) is 9.18 Å². The van der Waals surface area contributed by atoms with Gasteiger partial charge in [-0.25, -0.2) is 14.0 Å². The molecule has 0 bridgehead atoms. The molecule has 1 aliphatic heterocycles. The summed E-state index contributed by atoms with van der Waals surface area (Å²) in [6.45, 7) is 8.19. The number of esters is 1. The first-order chi connectivity index (χ1) is 12.6. The predicted octanol–water partition coefficient (Wildman–Crippen LogP) is 3.88. The molecule has 0 unspecified atom stereocenters. The van der Waals surface area contributed by atoms with Crippen molar-refractivity contribution in [2.24, 2.45) is 0 Å². The molecule has 0 atom stereocenters. The minimum absolute atomic E-state index is 0.0990. The first-order valence-corrected chi connectivity index (χ1v) is 9.12. The third-order valence-corrected chi connectivity index (χ3v) is 4.60. The minimum Gasteiger partial charge on any atom is -0.462 e. The molecular formula is C20H28FNO5. The van der Waals surface area contributed by atoms with Crippen LogP contribution in [-0.2, 0) is 19.8 Å². The third kappa shape index (κ3) is 4.97. The number of halogens is 1. The summed E-state index contributed by atoms with van der Waals surface area (Å²) in [4.78, 5) is 25.7. The van der Waals surface area contributed by atoms with E-state index in [0.717, 1.165) is 0 Å². The monoisotopic (exact) mass is 381 g/mol. The van der Waals surface area contributed by atoms with Gasteiger partial charge in [-0.3, -0.25) is 0 Å². The van der Waals surface area contributed by atoms with E-state index in [1.165, 1.54) is 12.1 Å². The normalized spacial score (nSPS) is 16.7. The Balaban J connectivity index is 2.14. The maximum Gasteiger partial charge on any atom is 0.410 e. The van der Waals surface area contributed by atoms with Crippen LogP contribution in [0.15, 0.2) is 18.2 Å². The summed E-state index contributed by atoms with van der Waals surface area (Å²) in [5.74, 6) is -1.33. The zero-order valence-corrected chi connectivity index (χ0v) is 16.6. The second-order valence-corrected chi connectivity index (χ2v) is 7.58. The van der Waals surface area contributed by atoms with Crippen molar-refractivity contribution < 1.29 is 28.2 Å². The van der Waals surface area contributed by atoms with Gasteiger partial charge in [-0.05, 0) is 58.2 Å². The molecule has 6 nitrogen and oxygen atoms in total. The van der Waals surface area contributed by atoms with Crippen molar-refractivity contribution in [1.82, 2.24) is 4.90 Å². The molecule has 0 spiro atoms. The molecule has 1 aliphatic rings. The van der Waals surface area contributed by atoms with Crippen molar-refractivity contribution in [1.29, 1.82) is 0 Å². The molecule has 0 aromatic heterocycles. The largest absolute Gasteiger partial charge is 0.462 e. The lowest BCUT2D eigenvalue weighted by molar-refractivity contribution is -0.0652. The Morgan fingerprint density at radius 3 is 2.33 bits per heavy atom. The summed E-state index contributed by atoms with van der Waals surface area (Å²) >= 11 is 0. The number of nitrogens with zero attached hydrogens (tertiary/aromatic N) is 1. The van der Waals surface area contributed by atoms with E-state index in [-0.39, 0.29) is 18.3 Å². The molecule has 1 amide bonds. The van der Waals surface area contributed by atoms with Crippen molar-refractivity contribution in [3.05, 3.63) is 35.1 Å². The summed E-state index contributed by atoms with van der Waals surface area (Å²) in [5, 5.41) is 0. The van der Waals surface area contributed by atoms with Crippen molar-refractivity contribution >= 4 is 12.1 Å². The van der Waals surface area contributed by atoms with Gasteiger partial charge in [-0.15, -0.1) is 0 Å². The number of hydrogen-bond acceptors (Lipinski definition) is 5. The van der Waals surface area contributed by atoms with Crippen LogP contribution < -0.4 is 0 Å². The maximum absolute atomic E-state index is 14.4. The zero-order chi connectivity index (χ0) is 20.2. The van der Waals surface area contributed by atoms with Crippen LogP contribution in [0.5, 0.6) is 0 Å². The minimum atomic E-state index is -0.716. The molecule has 0 aliphatic carbocycles. The summed E-state index contributed by atoms with van der Waals surface area (Å²) in [6, 6.07) is 4.42. The molecule has 1 aromatic rings. The van der Waals surface area contributed by atoms with Crippen LogP contribution in [0.25, 0.3) is 0 Å². The highest BCUT2D eigenvalue weighted by molar-refractivity contribution is 5.89. The molecule has 0 N–H and O–H groups in total. The molecule has 7 heteroatoms. The van der Waals surface area contributed by atoms with Gasteiger partial charge in [0.25, 0.3) is 0 Å². The number of methoxy groups -OCH3 is 1. The molecule has 1 fully saturated rings. The first kappa shape index (κ1) is 21.2. The van der Waals surface area contributed by atoms with E-state index < -0.39 is 23.0 Å². The fourth-order valence-corrected chi connectivity index (χ4v) is 3.16. The number of amides is 1. The average Bonchev–Trinajstić information content (AvgIpc) is 2.60. The number of carbonyl (C=O) groups excluding carboxylic acids is 2. The average molecular weight is 381 g/mol. The number of carbonyl (C=O) groups is 2. The van der Waals surface area contributed by atoms with Crippen LogP contribution in [0, 0.1) is 5.82 Å². The van der Waals surface area contributed by atoms with Crippen LogP contribution in [0.3, 0.4) is 0 Å². The molecule has 1 saturated heterocycles. The van der Waals surface area contributed by atoms with Gasteiger partial charge in [0.2, 0.25) is 0 Å². The Morgan fingerprint density at radius 2 is 1.85 bits per heavy atom. The molecule has 0 saturated carbocycles. The quantitative estimate of drug-likeness (QED) is 0.741. The van der Waals surface area contributed by atoms with Gasteiger partial charge in [0.05, 0.1) is 17.8 Å². The van der Waals surface area contributed by atoms with Crippen molar-refractivity contribution in [3.8, 4) is 0 Å². The number of piperidine rings is 1. The first-order valence-electron chi connectivity index (χ1n) is 9.12. The molecule has 150 valence electrons. The Morgan fingerprint density at radius 1 is 1.22 bits per heavy atom. The van der Waals surface area contributed by atoms with E-state index >= 15 is 0 Å².